The van der Waals surface area contributed by atoms with Gasteiger partial charge in [-0.05, 0) is 29.3 Å². The summed E-state index contributed by atoms with van der Waals surface area (Å²) in [6, 6.07) is 13.5. The number of amides is 1. The van der Waals surface area contributed by atoms with E-state index in [0.717, 1.165) is 42.9 Å². The van der Waals surface area contributed by atoms with Crippen molar-refractivity contribution in [2.75, 3.05) is 26.3 Å². The molecule has 6 heteroatoms. The van der Waals surface area contributed by atoms with E-state index in [1.807, 2.05) is 18.2 Å². The second kappa shape index (κ2) is 8.81. The van der Waals surface area contributed by atoms with Crippen LogP contribution in [-0.2, 0) is 17.8 Å². The molecule has 2 aromatic carbocycles. The van der Waals surface area contributed by atoms with Gasteiger partial charge in [0, 0.05) is 30.7 Å². The Morgan fingerprint density at radius 3 is 2.64 bits per heavy atom. The van der Waals surface area contributed by atoms with Crippen LogP contribution in [0.25, 0.3) is 0 Å². The lowest BCUT2D eigenvalue weighted by molar-refractivity contribution is 0.0340. The normalized spacial score (nSPS) is 15.1. The van der Waals surface area contributed by atoms with Gasteiger partial charge in [0.15, 0.2) is 0 Å². The van der Waals surface area contributed by atoms with Crippen LogP contribution in [0, 0.1) is 0 Å². The van der Waals surface area contributed by atoms with Crippen molar-refractivity contribution >= 4 is 33.4 Å². The highest BCUT2D eigenvalue weighted by atomic mass is 79.9. The maximum absolute atomic E-state index is 12.4. The number of halogens is 2. The van der Waals surface area contributed by atoms with Crippen LogP contribution in [0.1, 0.15) is 21.5 Å². The lowest BCUT2D eigenvalue weighted by Gasteiger charge is -2.27. The van der Waals surface area contributed by atoms with Crippen molar-refractivity contribution in [3.63, 3.8) is 0 Å². The lowest BCUT2D eigenvalue weighted by Crippen LogP contribution is -2.36. The fourth-order valence-electron chi connectivity index (χ4n) is 2.83. The third-order valence-corrected chi connectivity index (χ3v) is 5.05. The first-order valence-corrected chi connectivity index (χ1v) is 9.41. The molecule has 0 saturated carbocycles. The summed E-state index contributed by atoms with van der Waals surface area (Å²) in [6.07, 6.45) is 0. The average molecular weight is 424 g/mol. The lowest BCUT2D eigenvalue weighted by atomic mass is 10.1. The summed E-state index contributed by atoms with van der Waals surface area (Å²) in [5.74, 6) is -0.174. The molecule has 132 valence electrons. The molecular weight excluding hydrogens is 404 g/mol. The zero-order valence-electron chi connectivity index (χ0n) is 13.8. The van der Waals surface area contributed by atoms with E-state index < -0.39 is 0 Å². The van der Waals surface area contributed by atoms with Crippen molar-refractivity contribution in [2.24, 2.45) is 0 Å². The molecule has 1 aliphatic rings. The number of carbonyl (C=O) groups is 1. The SMILES string of the molecule is O=C(NCc1ccccc1CN1CCOCC1)c1cc(Br)ccc1Cl. The third-order valence-electron chi connectivity index (χ3n) is 4.23. The monoisotopic (exact) mass is 422 g/mol. The summed E-state index contributed by atoms with van der Waals surface area (Å²) in [6.45, 7) is 4.78. The van der Waals surface area contributed by atoms with Crippen LogP contribution in [0.2, 0.25) is 5.02 Å². The number of ether oxygens (including phenoxy) is 1. The largest absolute Gasteiger partial charge is 0.379 e. The van der Waals surface area contributed by atoms with Crippen molar-refractivity contribution in [1.29, 1.82) is 0 Å². The molecule has 1 aliphatic heterocycles. The van der Waals surface area contributed by atoms with Gasteiger partial charge < -0.3 is 10.1 Å². The highest BCUT2D eigenvalue weighted by molar-refractivity contribution is 9.10. The minimum Gasteiger partial charge on any atom is -0.379 e. The standard InChI is InChI=1S/C19H20BrClN2O2/c20-16-5-6-18(21)17(11-16)19(24)22-12-14-3-1-2-4-15(14)13-23-7-9-25-10-8-23/h1-6,11H,7-10,12-13H2,(H,22,24). The van der Waals surface area contributed by atoms with Crippen LogP contribution >= 0.6 is 27.5 Å². The molecule has 1 N–H and O–H groups in total. The van der Waals surface area contributed by atoms with Crippen molar-refractivity contribution in [3.8, 4) is 0 Å². The van der Waals surface area contributed by atoms with Crippen LogP contribution in [0.4, 0.5) is 0 Å². The van der Waals surface area contributed by atoms with E-state index in [1.54, 1.807) is 12.1 Å². The molecule has 1 heterocycles. The molecule has 1 fully saturated rings. The van der Waals surface area contributed by atoms with E-state index in [0.29, 0.717) is 17.1 Å². The third kappa shape index (κ3) is 5.05. The van der Waals surface area contributed by atoms with Crippen LogP contribution in [0.5, 0.6) is 0 Å². The Morgan fingerprint density at radius 2 is 1.88 bits per heavy atom. The molecule has 0 spiro atoms. The Kier molecular flexibility index (Phi) is 6.48. The number of hydrogen-bond donors (Lipinski definition) is 1. The van der Waals surface area contributed by atoms with E-state index in [2.05, 4.69) is 38.3 Å². The Bertz CT molecular complexity index is 748. The Hall–Kier alpha value is -1.40. The van der Waals surface area contributed by atoms with Crippen molar-refractivity contribution in [3.05, 3.63) is 68.7 Å². The Balaban J connectivity index is 1.66. The van der Waals surface area contributed by atoms with Gasteiger partial charge in [0.25, 0.3) is 5.91 Å². The molecule has 25 heavy (non-hydrogen) atoms. The van der Waals surface area contributed by atoms with E-state index in [4.69, 9.17) is 16.3 Å². The zero-order chi connectivity index (χ0) is 17.6. The van der Waals surface area contributed by atoms with E-state index >= 15 is 0 Å². The second-order valence-corrected chi connectivity index (χ2v) is 7.29. The van der Waals surface area contributed by atoms with Crippen molar-refractivity contribution < 1.29 is 9.53 Å². The number of nitrogens with one attached hydrogen (secondary N) is 1. The second-order valence-electron chi connectivity index (χ2n) is 5.96. The van der Waals surface area contributed by atoms with E-state index in [9.17, 15) is 4.79 Å². The highest BCUT2D eigenvalue weighted by Crippen LogP contribution is 2.21. The van der Waals surface area contributed by atoms with Gasteiger partial charge in [0.05, 0.1) is 23.8 Å². The van der Waals surface area contributed by atoms with Crippen LogP contribution in [-0.4, -0.2) is 37.1 Å². The van der Waals surface area contributed by atoms with Gasteiger partial charge in [-0.25, -0.2) is 0 Å². The minimum absolute atomic E-state index is 0.174. The first-order chi connectivity index (χ1) is 12.1. The molecule has 0 radical (unpaired) electrons. The van der Waals surface area contributed by atoms with Crippen molar-refractivity contribution in [2.45, 2.75) is 13.1 Å². The summed E-state index contributed by atoms with van der Waals surface area (Å²) in [5, 5.41) is 3.42. The van der Waals surface area contributed by atoms with Gasteiger partial charge in [-0.3, -0.25) is 9.69 Å². The number of rotatable bonds is 5. The zero-order valence-corrected chi connectivity index (χ0v) is 16.1. The maximum atomic E-state index is 12.4. The maximum Gasteiger partial charge on any atom is 0.253 e. The van der Waals surface area contributed by atoms with Gasteiger partial charge in [-0.15, -0.1) is 0 Å². The molecule has 0 aromatic heterocycles. The van der Waals surface area contributed by atoms with Gasteiger partial charge in [-0.2, -0.15) is 0 Å². The van der Waals surface area contributed by atoms with Gasteiger partial charge in [0.2, 0.25) is 0 Å². The number of carbonyl (C=O) groups excluding carboxylic acids is 1. The summed E-state index contributed by atoms with van der Waals surface area (Å²) in [4.78, 5) is 14.8. The summed E-state index contributed by atoms with van der Waals surface area (Å²) in [5.41, 5.74) is 2.82. The Labute approximate surface area is 161 Å². The highest BCUT2D eigenvalue weighted by Gasteiger charge is 2.14. The number of nitrogens with zero attached hydrogens (tertiary/aromatic N) is 1. The quantitative estimate of drug-likeness (QED) is 0.794. The summed E-state index contributed by atoms with van der Waals surface area (Å²) in [7, 11) is 0. The molecule has 4 nitrogen and oxygen atoms in total. The number of morpholine rings is 1. The first-order valence-electron chi connectivity index (χ1n) is 8.23. The smallest absolute Gasteiger partial charge is 0.253 e. The molecule has 1 amide bonds. The van der Waals surface area contributed by atoms with Gasteiger partial charge >= 0.3 is 0 Å². The Morgan fingerprint density at radius 1 is 1.16 bits per heavy atom. The average Bonchev–Trinajstić information content (AvgIpc) is 2.63. The predicted octanol–water partition coefficient (Wildman–Crippen LogP) is 3.86. The molecule has 3 rings (SSSR count). The fourth-order valence-corrected chi connectivity index (χ4v) is 3.39. The minimum atomic E-state index is -0.174. The molecule has 0 unspecified atom stereocenters. The molecular formula is C19H20BrClN2O2. The molecule has 0 aliphatic carbocycles. The fraction of sp³-hybridized carbons (Fsp3) is 0.316. The van der Waals surface area contributed by atoms with Crippen LogP contribution < -0.4 is 5.32 Å². The number of hydrogen-bond acceptors (Lipinski definition) is 3. The van der Waals surface area contributed by atoms with E-state index in [1.165, 1.54) is 5.56 Å². The van der Waals surface area contributed by atoms with Gasteiger partial charge in [0.1, 0.15) is 0 Å². The predicted molar refractivity (Wildman–Crippen MR) is 103 cm³/mol. The van der Waals surface area contributed by atoms with Gasteiger partial charge in [-0.1, -0.05) is 51.8 Å². The van der Waals surface area contributed by atoms with E-state index in [-0.39, 0.29) is 5.91 Å². The number of benzene rings is 2. The molecule has 2 aromatic rings. The molecule has 1 saturated heterocycles. The van der Waals surface area contributed by atoms with Crippen LogP contribution in [0.3, 0.4) is 0 Å². The van der Waals surface area contributed by atoms with Crippen molar-refractivity contribution in [1.82, 2.24) is 10.2 Å². The summed E-state index contributed by atoms with van der Waals surface area (Å²) < 4.78 is 6.23. The summed E-state index contributed by atoms with van der Waals surface area (Å²) >= 11 is 9.51. The molecule has 0 bridgehead atoms. The molecule has 0 atom stereocenters. The topological polar surface area (TPSA) is 41.6 Å². The van der Waals surface area contributed by atoms with Crippen LogP contribution in [0.15, 0.2) is 46.9 Å². The first kappa shape index (κ1) is 18.4.